The van der Waals surface area contributed by atoms with Crippen LogP contribution in [0.25, 0.3) is 0 Å². The Bertz CT molecular complexity index is 321. The Morgan fingerprint density at radius 2 is 1.75 bits per heavy atom. The van der Waals surface area contributed by atoms with Crippen LogP contribution in [-0.2, 0) is 10.0 Å². The van der Waals surface area contributed by atoms with Gasteiger partial charge >= 0.3 is 6.18 Å². The molecule has 0 spiro atoms. The highest BCUT2D eigenvalue weighted by atomic mass is 32.2. The second-order valence-electron chi connectivity index (χ2n) is 3.82. The van der Waals surface area contributed by atoms with Crippen LogP contribution >= 0.6 is 0 Å². The second-order valence-corrected chi connectivity index (χ2v) is 5.91. The Morgan fingerprint density at radius 3 is 2.12 bits per heavy atom. The van der Waals surface area contributed by atoms with Crippen molar-refractivity contribution in [1.82, 2.24) is 4.31 Å². The van der Waals surface area contributed by atoms with E-state index in [1.165, 1.54) is 0 Å². The number of hydrogen-bond acceptors (Lipinski definition) is 3. The van der Waals surface area contributed by atoms with Crippen LogP contribution in [0.4, 0.5) is 13.2 Å². The summed E-state index contributed by atoms with van der Waals surface area (Å²) < 4.78 is 61.1. The molecule has 16 heavy (non-hydrogen) atoms. The fourth-order valence-electron chi connectivity index (χ4n) is 1.74. The van der Waals surface area contributed by atoms with Crippen molar-refractivity contribution in [2.24, 2.45) is 11.7 Å². The van der Waals surface area contributed by atoms with Gasteiger partial charge in [0.05, 0.1) is 11.7 Å². The molecular weight excluding hydrogens is 245 g/mol. The molecule has 1 saturated heterocycles. The quantitative estimate of drug-likeness (QED) is 0.806. The summed E-state index contributed by atoms with van der Waals surface area (Å²) in [6, 6.07) is 0. The lowest BCUT2D eigenvalue weighted by atomic mass is 9.98. The van der Waals surface area contributed by atoms with Gasteiger partial charge in [0.1, 0.15) is 0 Å². The zero-order valence-corrected chi connectivity index (χ0v) is 9.52. The van der Waals surface area contributed by atoms with E-state index in [2.05, 4.69) is 0 Å². The maximum atomic E-state index is 12.3. The zero-order valence-electron chi connectivity index (χ0n) is 8.70. The van der Waals surface area contributed by atoms with E-state index in [1.54, 1.807) is 0 Å². The molecule has 1 fully saturated rings. The Balaban J connectivity index is 2.56. The first kappa shape index (κ1) is 13.7. The summed E-state index contributed by atoms with van der Waals surface area (Å²) in [5.74, 6) is -1.58. The minimum Gasteiger partial charge on any atom is -0.329 e. The smallest absolute Gasteiger partial charge is 0.329 e. The Kier molecular flexibility index (Phi) is 4.19. The highest BCUT2D eigenvalue weighted by Gasteiger charge is 2.42. The molecule has 0 aromatic heterocycles. The molecule has 0 saturated carbocycles. The lowest BCUT2D eigenvalue weighted by Gasteiger charge is -2.32. The molecular formula is C8H15F3N2O2S. The van der Waals surface area contributed by atoms with E-state index in [0.717, 1.165) is 4.31 Å². The summed E-state index contributed by atoms with van der Waals surface area (Å²) in [5, 5.41) is 0. The molecule has 1 heterocycles. The van der Waals surface area contributed by atoms with Gasteiger partial charge in [-0.25, -0.2) is 12.7 Å². The van der Waals surface area contributed by atoms with Crippen molar-refractivity contribution in [2.75, 3.05) is 25.4 Å². The molecule has 1 aliphatic heterocycles. The number of hydrogen-bond donors (Lipinski definition) is 1. The number of piperidine rings is 1. The highest BCUT2D eigenvalue weighted by molar-refractivity contribution is 7.89. The second kappa shape index (κ2) is 4.89. The number of halogens is 3. The molecule has 0 aromatic rings. The molecule has 1 aliphatic rings. The number of nitrogens with two attached hydrogens (primary N) is 1. The molecule has 0 bridgehead atoms. The van der Waals surface area contributed by atoms with Crippen LogP contribution in [0, 0.1) is 5.92 Å². The van der Waals surface area contributed by atoms with Crippen molar-refractivity contribution < 1.29 is 21.6 Å². The molecule has 0 atom stereocenters. The number of rotatable bonds is 3. The van der Waals surface area contributed by atoms with E-state index < -0.39 is 22.1 Å². The van der Waals surface area contributed by atoms with Crippen molar-refractivity contribution >= 4 is 10.0 Å². The first-order valence-electron chi connectivity index (χ1n) is 5.02. The highest BCUT2D eigenvalue weighted by Crippen LogP contribution is 2.34. The van der Waals surface area contributed by atoms with E-state index in [4.69, 9.17) is 5.73 Å². The predicted molar refractivity (Wildman–Crippen MR) is 53.2 cm³/mol. The minimum absolute atomic E-state index is 0.0124. The SMILES string of the molecule is NCCS(=O)(=O)N1CCC(C(F)(F)F)CC1. The number of nitrogens with zero attached hydrogens (tertiary/aromatic N) is 1. The molecule has 96 valence electrons. The van der Waals surface area contributed by atoms with E-state index in [0.29, 0.717) is 0 Å². The molecule has 0 radical (unpaired) electrons. The molecule has 2 N–H and O–H groups in total. The molecule has 0 aliphatic carbocycles. The third-order valence-electron chi connectivity index (χ3n) is 2.69. The van der Waals surface area contributed by atoms with Gasteiger partial charge in [0.2, 0.25) is 10.0 Å². The molecule has 1 rings (SSSR count). The van der Waals surface area contributed by atoms with Crippen LogP contribution in [0.3, 0.4) is 0 Å². The van der Waals surface area contributed by atoms with Crippen molar-refractivity contribution in [3.8, 4) is 0 Å². The fraction of sp³-hybridized carbons (Fsp3) is 1.00. The summed E-state index contributed by atoms with van der Waals surface area (Å²) in [6.45, 7) is -0.138. The Labute approximate surface area is 92.6 Å². The van der Waals surface area contributed by atoms with Gasteiger partial charge in [-0.3, -0.25) is 0 Å². The average Bonchev–Trinajstić information content (AvgIpc) is 2.16. The van der Waals surface area contributed by atoms with Crippen molar-refractivity contribution in [3.05, 3.63) is 0 Å². The maximum Gasteiger partial charge on any atom is 0.391 e. The summed E-state index contributed by atoms with van der Waals surface area (Å²) in [7, 11) is -3.46. The van der Waals surface area contributed by atoms with Gasteiger partial charge in [0.15, 0.2) is 0 Å². The third-order valence-corrected chi connectivity index (χ3v) is 4.59. The van der Waals surface area contributed by atoms with Gasteiger partial charge < -0.3 is 5.73 Å². The predicted octanol–water partition coefficient (Wildman–Crippen LogP) is 0.549. The number of sulfonamides is 1. The minimum atomic E-state index is -4.22. The maximum absolute atomic E-state index is 12.3. The van der Waals surface area contributed by atoms with E-state index in [-0.39, 0.29) is 38.2 Å². The first-order chi connectivity index (χ1) is 7.27. The van der Waals surface area contributed by atoms with Crippen molar-refractivity contribution in [2.45, 2.75) is 19.0 Å². The van der Waals surface area contributed by atoms with Gasteiger partial charge in [-0.05, 0) is 12.8 Å². The summed E-state index contributed by atoms with van der Waals surface area (Å²) in [5.41, 5.74) is 5.13. The first-order valence-corrected chi connectivity index (χ1v) is 6.63. The molecule has 4 nitrogen and oxygen atoms in total. The van der Waals surface area contributed by atoms with Crippen LogP contribution in [0.15, 0.2) is 0 Å². The van der Waals surface area contributed by atoms with Gasteiger partial charge in [0, 0.05) is 19.6 Å². The Hall–Kier alpha value is -0.340. The third kappa shape index (κ3) is 3.33. The van der Waals surface area contributed by atoms with Crippen molar-refractivity contribution in [3.63, 3.8) is 0 Å². The molecule has 0 amide bonds. The van der Waals surface area contributed by atoms with E-state index in [9.17, 15) is 21.6 Å². The molecule has 8 heteroatoms. The van der Waals surface area contributed by atoms with Gasteiger partial charge in [-0.1, -0.05) is 0 Å². The standard InChI is InChI=1S/C8H15F3N2O2S/c9-8(10,11)7-1-4-13(5-2-7)16(14,15)6-3-12/h7H,1-6,12H2. The van der Waals surface area contributed by atoms with Crippen LogP contribution in [-0.4, -0.2) is 44.3 Å². The topological polar surface area (TPSA) is 63.4 Å². The van der Waals surface area contributed by atoms with E-state index >= 15 is 0 Å². The zero-order chi connectivity index (χ0) is 12.4. The average molecular weight is 260 g/mol. The molecule has 0 aromatic carbocycles. The van der Waals surface area contributed by atoms with Crippen LogP contribution < -0.4 is 5.73 Å². The van der Waals surface area contributed by atoms with Crippen LogP contribution in [0.5, 0.6) is 0 Å². The summed E-state index contributed by atoms with van der Waals surface area (Å²) in [6.07, 6.45) is -4.54. The monoisotopic (exact) mass is 260 g/mol. The summed E-state index contributed by atoms with van der Waals surface area (Å²) in [4.78, 5) is 0. The lowest BCUT2D eigenvalue weighted by Crippen LogP contribution is -2.43. The van der Waals surface area contributed by atoms with Crippen LogP contribution in [0.1, 0.15) is 12.8 Å². The fourth-order valence-corrected chi connectivity index (χ4v) is 3.06. The van der Waals surface area contributed by atoms with E-state index in [1.807, 2.05) is 0 Å². The lowest BCUT2D eigenvalue weighted by molar-refractivity contribution is -0.182. The van der Waals surface area contributed by atoms with Gasteiger partial charge in [-0.2, -0.15) is 13.2 Å². The molecule has 0 unspecified atom stereocenters. The van der Waals surface area contributed by atoms with Crippen molar-refractivity contribution in [1.29, 1.82) is 0 Å². The normalized spacial score (nSPS) is 21.2. The van der Waals surface area contributed by atoms with Gasteiger partial charge in [-0.15, -0.1) is 0 Å². The van der Waals surface area contributed by atoms with Crippen LogP contribution in [0.2, 0.25) is 0 Å². The summed E-state index contributed by atoms with van der Waals surface area (Å²) >= 11 is 0. The number of alkyl halides is 3. The Morgan fingerprint density at radius 1 is 1.25 bits per heavy atom. The van der Waals surface area contributed by atoms with Gasteiger partial charge in [0.25, 0.3) is 0 Å². The largest absolute Gasteiger partial charge is 0.391 e.